The number of amides is 1. The van der Waals surface area contributed by atoms with Crippen LogP contribution in [0, 0.1) is 17.1 Å². The predicted molar refractivity (Wildman–Crippen MR) is 104 cm³/mol. The maximum atomic E-state index is 14.2. The summed E-state index contributed by atoms with van der Waals surface area (Å²) < 4.78 is 14.2. The van der Waals surface area contributed by atoms with Gasteiger partial charge in [-0.2, -0.15) is 5.26 Å². The molecule has 0 N–H and O–H groups in total. The van der Waals surface area contributed by atoms with Gasteiger partial charge in [0.1, 0.15) is 11.5 Å². The number of halogens is 3. The van der Waals surface area contributed by atoms with Crippen LogP contribution in [0.4, 0.5) is 10.1 Å². The Bertz CT molecular complexity index is 985. The predicted octanol–water partition coefficient (Wildman–Crippen LogP) is 5.13. The Morgan fingerprint density at radius 1 is 1.23 bits per heavy atom. The molecule has 0 fully saturated rings. The Morgan fingerprint density at radius 3 is 2.69 bits per heavy atom. The highest BCUT2D eigenvalue weighted by Crippen LogP contribution is 2.31. The van der Waals surface area contributed by atoms with Gasteiger partial charge in [0.25, 0.3) is 5.91 Å². The molecule has 0 saturated carbocycles. The zero-order valence-electron chi connectivity index (χ0n) is 13.1. The number of nitrogens with zero attached hydrogens (tertiary/aromatic N) is 3. The van der Waals surface area contributed by atoms with E-state index in [4.69, 9.17) is 28.5 Å². The molecule has 1 aliphatic rings. The second kappa shape index (κ2) is 7.92. The molecule has 0 bridgehead atoms. The van der Waals surface area contributed by atoms with Gasteiger partial charge in [0, 0.05) is 0 Å². The Hall–Kier alpha value is -2.33. The lowest BCUT2D eigenvalue weighted by atomic mass is 10.2. The van der Waals surface area contributed by atoms with Crippen LogP contribution in [-0.4, -0.2) is 16.8 Å². The molecule has 4 nitrogen and oxygen atoms in total. The van der Waals surface area contributed by atoms with Crippen molar-refractivity contribution < 1.29 is 9.18 Å². The van der Waals surface area contributed by atoms with E-state index < -0.39 is 11.7 Å². The summed E-state index contributed by atoms with van der Waals surface area (Å²) >= 11 is 13.0. The maximum Gasteiger partial charge on any atom is 0.283 e. The third-order valence-electron chi connectivity index (χ3n) is 3.44. The number of amidine groups is 1. The van der Waals surface area contributed by atoms with Crippen molar-refractivity contribution in [3.05, 3.63) is 69.6 Å². The number of carbonyl (C=O) groups excluding carboxylic acids is 1. The fourth-order valence-corrected chi connectivity index (χ4v) is 3.27. The molecular weight excluding hydrogens is 396 g/mol. The Morgan fingerprint density at radius 2 is 2.00 bits per heavy atom. The molecule has 0 aliphatic carbocycles. The number of benzene rings is 2. The monoisotopic (exact) mass is 405 g/mol. The number of para-hydroxylation sites is 1. The highest BCUT2D eigenvalue weighted by molar-refractivity contribution is 8.14. The van der Waals surface area contributed by atoms with Crippen LogP contribution in [0.5, 0.6) is 0 Å². The molecule has 0 saturated heterocycles. The molecule has 0 radical (unpaired) electrons. The third kappa shape index (κ3) is 3.75. The van der Waals surface area contributed by atoms with Crippen LogP contribution in [0.15, 0.2) is 53.2 Å². The van der Waals surface area contributed by atoms with Gasteiger partial charge in [-0.15, -0.1) is 0 Å². The van der Waals surface area contributed by atoms with Crippen molar-refractivity contribution in [3.63, 3.8) is 0 Å². The lowest BCUT2D eigenvalue weighted by molar-refractivity contribution is -0.113. The van der Waals surface area contributed by atoms with Gasteiger partial charge in [-0.3, -0.25) is 9.69 Å². The first-order valence-electron chi connectivity index (χ1n) is 7.35. The minimum atomic E-state index is -0.554. The summed E-state index contributed by atoms with van der Waals surface area (Å²) in [7, 11) is 0. The van der Waals surface area contributed by atoms with Crippen LogP contribution < -0.4 is 4.90 Å². The molecule has 2 aromatic carbocycles. The highest BCUT2D eigenvalue weighted by atomic mass is 35.5. The lowest BCUT2D eigenvalue weighted by Crippen LogP contribution is -2.31. The summed E-state index contributed by atoms with van der Waals surface area (Å²) in [5.41, 5.74) is 0.831. The van der Waals surface area contributed by atoms with Crippen molar-refractivity contribution in [2.45, 2.75) is 0 Å². The summed E-state index contributed by atoms with van der Waals surface area (Å²) in [6, 6.07) is 12.8. The number of thioether (sulfide) groups is 1. The van der Waals surface area contributed by atoms with E-state index in [9.17, 15) is 9.18 Å². The fourth-order valence-electron chi connectivity index (χ4n) is 2.30. The largest absolute Gasteiger partial charge is 0.283 e. The van der Waals surface area contributed by atoms with E-state index in [-0.39, 0.29) is 22.3 Å². The van der Waals surface area contributed by atoms with E-state index in [0.29, 0.717) is 15.6 Å². The van der Waals surface area contributed by atoms with Crippen LogP contribution in [0.3, 0.4) is 0 Å². The smallest absolute Gasteiger partial charge is 0.266 e. The summed E-state index contributed by atoms with van der Waals surface area (Å²) in [5.74, 6) is -0.958. The number of carbonyl (C=O) groups is 1. The summed E-state index contributed by atoms with van der Waals surface area (Å²) in [4.78, 5) is 18.3. The molecule has 1 amide bonds. The van der Waals surface area contributed by atoms with Gasteiger partial charge < -0.3 is 0 Å². The first-order chi connectivity index (χ1) is 12.5. The molecule has 3 rings (SSSR count). The topological polar surface area (TPSA) is 56.5 Å². The lowest BCUT2D eigenvalue weighted by Gasteiger charge is -2.17. The molecule has 1 heterocycles. The van der Waals surface area contributed by atoms with Gasteiger partial charge in [-0.05, 0) is 35.9 Å². The number of hydrogen-bond donors (Lipinski definition) is 0. The molecule has 0 spiro atoms. The molecule has 8 heteroatoms. The van der Waals surface area contributed by atoms with E-state index in [1.165, 1.54) is 23.1 Å². The van der Waals surface area contributed by atoms with Gasteiger partial charge in [0.05, 0.1) is 27.6 Å². The fraction of sp³-hybridized carbons (Fsp3) is 0.0556. The van der Waals surface area contributed by atoms with Crippen LogP contribution in [0.1, 0.15) is 5.56 Å². The molecule has 0 atom stereocenters. The average molecular weight is 406 g/mol. The molecular formula is C18H10Cl2FN3OS. The molecule has 0 aromatic heterocycles. The number of hydrogen-bond acceptors (Lipinski definition) is 4. The van der Waals surface area contributed by atoms with Gasteiger partial charge in [-0.25, -0.2) is 9.38 Å². The number of anilines is 1. The number of nitriles is 1. The highest BCUT2D eigenvalue weighted by Gasteiger charge is 2.33. The Labute approximate surface area is 163 Å². The van der Waals surface area contributed by atoms with Crippen LogP contribution in [0.25, 0.3) is 6.08 Å². The molecule has 1 aliphatic heterocycles. The van der Waals surface area contributed by atoms with E-state index in [1.54, 1.807) is 30.3 Å². The van der Waals surface area contributed by atoms with E-state index in [2.05, 4.69) is 4.99 Å². The zero-order chi connectivity index (χ0) is 18.7. The van der Waals surface area contributed by atoms with Crippen LogP contribution in [0.2, 0.25) is 10.0 Å². The standard InChI is InChI=1S/C18H10Cl2FN3OS/c19-12-6-5-11(9-13(12)20)10-15-17(25)24(18(23-15)26-8-7-22)16-4-2-1-3-14(16)21/h1-6,9-10H,8H2. The van der Waals surface area contributed by atoms with Gasteiger partial charge >= 0.3 is 0 Å². The second-order valence-corrected chi connectivity index (χ2v) is 6.89. The average Bonchev–Trinajstić information content (AvgIpc) is 2.92. The van der Waals surface area contributed by atoms with Gasteiger partial charge in [-0.1, -0.05) is 53.2 Å². The van der Waals surface area contributed by atoms with Crippen LogP contribution in [-0.2, 0) is 4.79 Å². The first kappa shape index (κ1) is 18.5. The minimum Gasteiger partial charge on any atom is -0.266 e. The summed E-state index contributed by atoms with van der Waals surface area (Å²) in [6.45, 7) is 0. The van der Waals surface area contributed by atoms with Crippen molar-refractivity contribution in [1.82, 2.24) is 0 Å². The molecule has 0 unspecified atom stereocenters. The Balaban J connectivity index is 2.02. The van der Waals surface area contributed by atoms with E-state index in [1.807, 2.05) is 6.07 Å². The van der Waals surface area contributed by atoms with Gasteiger partial charge in [0.2, 0.25) is 0 Å². The Kier molecular flexibility index (Phi) is 5.62. The van der Waals surface area contributed by atoms with Crippen molar-refractivity contribution in [3.8, 4) is 6.07 Å². The third-order valence-corrected chi connectivity index (χ3v) is 4.98. The minimum absolute atomic E-state index is 0.0805. The zero-order valence-corrected chi connectivity index (χ0v) is 15.4. The number of aliphatic imine (C=N–C) groups is 1. The number of rotatable bonds is 3. The SMILES string of the molecule is N#CCSC1=NC(=Cc2ccc(Cl)c(Cl)c2)C(=O)N1c1ccccc1F. The van der Waals surface area contributed by atoms with Crippen molar-refractivity contribution in [2.75, 3.05) is 10.7 Å². The van der Waals surface area contributed by atoms with E-state index >= 15 is 0 Å². The second-order valence-electron chi connectivity index (χ2n) is 5.14. The summed E-state index contributed by atoms with van der Waals surface area (Å²) in [6.07, 6.45) is 1.54. The molecule has 2 aromatic rings. The maximum absolute atomic E-state index is 14.2. The van der Waals surface area contributed by atoms with Gasteiger partial charge in [0.15, 0.2) is 5.17 Å². The van der Waals surface area contributed by atoms with Crippen molar-refractivity contribution >= 4 is 57.8 Å². The molecule has 26 heavy (non-hydrogen) atoms. The first-order valence-corrected chi connectivity index (χ1v) is 9.09. The van der Waals surface area contributed by atoms with Crippen LogP contribution >= 0.6 is 35.0 Å². The van der Waals surface area contributed by atoms with Crippen molar-refractivity contribution in [1.29, 1.82) is 5.26 Å². The van der Waals surface area contributed by atoms with Crippen molar-refractivity contribution in [2.24, 2.45) is 4.99 Å². The normalized spacial score (nSPS) is 15.3. The summed E-state index contributed by atoms with van der Waals surface area (Å²) in [5, 5.41) is 9.80. The quantitative estimate of drug-likeness (QED) is 0.664. The molecule has 130 valence electrons. The van der Waals surface area contributed by atoms with E-state index in [0.717, 1.165) is 11.8 Å².